The van der Waals surface area contributed by atoms with E-state index in [2.05, 4.69) is 20.3 Å². The Balaban J connectivity index is 1.72. The molecule has 0 radical (unpaired) electrons. The van der Waals surface area contributed by atoms with Gasteiger partial charge in [-0.15, -0.1) is 0 Å². The van der Waals surface area contributed by atoms with Gasteiger partial charge in [0.2, 0.25) is 5.91 Å². The summed E-state index contributed by atoms with van der Waals surface area (Å²) in [6.07, 6.45) is 4.08. The third kappa shape index (κ3) is 3.21. The Morgan fingerprint density at radius 1 is 1.41 bits per heavy atom. The zero-order valence-corrected chi connectivity index (χ0v) is 12.8. The fourth-order valence-electron chi connectivity index (χ4n) is 2.63. The summed E-state index contributed by atoms with van der Waals surface area (Å²) in [5.41, 5.74) is 1.79. The highest BCUT2D eigenvalue weighted by Gasteiger charge is 2.26. The normalized spacial score (nSPS) is 17.8. The van der Waals surface area contributed by atoms with Gasteiger partial charge in [-0.25, -0.2) is 9.97 Å². The summed E-state index contributed by atoms with van der Waals surface area (Å²) < 4.78 is 0. The van der Waals surface area contributed by atoms with Crippen molar-refractivity contribution < 1.29 is 4.79 Å². The molecule has 0 bridgehead atoms. The van der Waals surface area contributed by atoms with Crippen LogP contribution in [0.5, 0.6) is 0 Å². The molecule has 1 N–H and O–H groups in total. The number of nitrogens with zero attached hydrogens (tertiary/aromatic N) is 4. The van der Waals surface area contributed by atoms with Crippen LogP contribution in [-0.2, 0) is 4.79 Å². The zero-order valence-electron chi connectivity index (χ0n) is 12.8. The highest BCUT2D eigenvalue weighted by molar-refractivity contribution is 5.78. The summed E-state index contributed by atoms with van der Waals surface area (Å²) >= 11 is 0. The van der Waals surface area contributed by atoms with Crippen molar-refractivity contribution in [3.05, 3.63) is 36.3 Å². The molecule has 1 fully saturated rings. The van der Waals surface area contributed by atoms with Crippen molar-refractivity contribution in [2.45, 2.75) is 13.3 Å². The molecule has 1 saturated heterocycles. The SMILES string of the molecule is Cc1cc(NCC2CC(=O)N(C)C2)nc(-c2cccnc2)n1. The number of hydrogen-bond acceptors (Lipinski definition) is 5. The van der Waals surface area contributed by atoms with E-state index in [0.717, 1.165) is 30.2 Å². The summed E-state index contributed by atoms with van der Waals surface area (Å²) in [6.45, 7) is 3.48. The third-order valence-corrected chi connectivity index (χ3v) is 3.77. The molecule has 2 aromatic rings. The second-order valence-corrected chi connectivity index (χ2v) is 5.69. The number of aryl methyl sites for hydroxylation is 1. The number of amides is 1. The van der Waals surface area contributed by atoms with Crippen molar-refractivity contribution in [3.63, 3.8) is 0 Å². The molecule has 6 nitrogen and oxygen atoms in total. The van der Waals surface area contributed by atoms with Gasteiger partial charge in [0, 0.05) is 62.2 Å². The Bertz CT molecular complexity index is 673. The molecule has 1 aliphatic rings. The highest BCUT2D eigenvalue weighted by Crippen LogP contribution is 2.19. The van der Waals surface area contributed by atoms with E-state index in [-0.39, 0.29) is 5.91 Å². The van der Waals surface area contributed by atoms with Crippen molar-refractivity contribution in [1.82, 2.24) is 19.9 Å². The van der Waals surface area contributed by atoms with Crippen molar-refractivity contribution in [2.75, 3.05) is 25.5 Å². The molecule has 6 heteroatoms. The Hall–Kier alpha value is -2.50. The van der Waals surface area contributed by atoms with Gasteiger partial charge in [0.1, 0.15) is 5.82 Å². The molecule has 1 unspecified atom stereocenters. The second-order valence-electron chi connectivity index (χ2n) is 5.69. The van der Waals surface area contributed by atoms with Crippen LogP contribution in [0.4, 0.5) is 5.82 Å². The topological polar surface area (TPSA) is 71.0 Å². The minimum absolute atomic E-state index is 0.210. The molecule has 2 aromatic heterocycles. The Morgan fingerprint density at radius 3 is 2.95 bits per heavy atom. The van der Waals surface area contributed by atoms with Gasteiger partial charge in [-0.3, -0.25) is 9.78 Å². The van der Waals surface area contributed by atoms with E-state index in [1.165, 1.54) is 0 Å². The number of anilines is 1. The molecule has 3 heterocycles. The molecule has 0 aromatic carbocycles. The first-order chi connectivity index (χ1) is 10.6. The van der Waals surface area contributed by atoms with E-state index in [9.17, 15) is 4.79 Å². The molecule has 0 aliphatic carbocycles. The minimum Gasteiger partial charge on any atom is -0.370 e. The van der Waals surface area contributed by atoms with Crippen LogP contribution in [0, 0.1) is 12.8 Å². The predicted octanol–water partition coefficient (Wildman–Crippen LogP) is 1.74. The van der Waals surface area contributed by atoms with Crippen LogP contribution >= 0.6 is 0 Å². The number of aromatic nitrogens is 3. The molecule has 114 valence electrons. The van der Waals surface area contributed by atoms with E-state index in [1.807, 2.05) is 32.2 Å². The number of carbonyl (C=O) groups is 1. The lowest BCUT2D eigenvalue weighted by atomic mass is 10.1. The maximum Gasteiger partial charge on any atom is 0.222 e. The van der Waals surface area contributed by atoms with Crippen molar-refractivity contribution in [2.24, 2.45) is 5.92 Å². The molecule has 0 spiro atoms. The molecule has 22 heavy (non-hydrogen) atoms. The maximum absolute atomic E-state index is 11.6. The quantitative estimate of drug-likeness (QED) is 0.930. The molecule has 1 atom stereocenters. The van der Waals surface area contributed by atoms with E-state index < -0.39 is 0 Å². The van der Waals surface area contributed by atoms with Crippen LogP contribution in [-0.4, -0.2) is 45.9 Å². The first-order valence-corrected chi connectivity index (χ1v) is 7.36. The highest BCUT2D eigenvalue weighted by atomic mass is 16.2. The minimum atomic E-state index is 0.210. The van der Waals surface area contributed by atoms with Gasteiger partial charge in [-0.1, -0.05) is 0 Å². The summed E-state index contributed by atoms with van der Waals surface area (Å²) in [5.74, 6) is 1.99. The van der Waals surface area contributed by atoms with Crippen LogP contribution in [0.3, 0.4) is 0 Å². The number of rotatable bonds is 4. The monoisotopic (exact) mass is 297 g/mol. The molecular formula is C16H19N5O. The first kappa shape index (κ1) is 14.4. The number of pyridine rings is 1. The summed E-state index contributed by atoms with van der Waals surface area (Å²) in [6, 6.07) is 5.73. The fraction of sp³-hybridized carbons (Fsp3) is 0.375. The van der Waals surface area contributed by atoms with Gasteiger partial charge in [0.25, 0.3) is 0 Å². The molecular weight excluding hydrogens is 278 g/mol. The molecule has 0 saturated carbocycles. The lowest BCUT2D eigenvalue weighted by Crippen LogP contribution is -2.21. The average molecular weight is 297 g/mol. The van der Waals surface area contributed by atoms with Crippen molar-refractivity contribution >= 4 is 11.7 Å². The van der Waals surface area contributed by atoms with Crippen LogP contribution in [0.2, 0.25) is 0 Å². The average Bonchev–Trinajstić information content (AvgIpc) is 2.84. The zero-order chi connectivity index (χ0) is 15.5. The van der Waals surface area contributed by atoms with Crippen LogP contribution < -0.4 is 5.32 Å². The van der Waals surface area contributed by atoms with Crippen LogP contribution in [0.1, 0.15) is 12.1 Å². The molecule has 3 rings (SSSR count). The smallest absolute Gasteiger partial charge is 0.222 e. The van der Waals surface area contributed by atoms with Crippen LogP contribution in [0.25, 0.3) is 11.4 Å². The van der Waals surface area contributed by atoms with Gasteiger partial charge in [0.05, 0.1) is 0 Å². The predicted molar refractivity (Wildman–Crippen MR) is 84.2 cm³/mol. The number of carbonyl (C=O) groups excluding carboxylic acids is 1. The van der Waals surface area contributed by atoms with Gasteiger partial charge < -0.3 is 10.2 Å². The van der Waals surface area contributed by atoms with E-state index in [0.29, 0.717) is 18.2 Å². The third-order valence-electron chi connectivity index (χ3n) is 3.77. The molecule has 1 amide bonds. The summed E-state index contributed by atoms with van der Waals surface area (Å²) in [4.78, 5) is 26.4. The Kier molecular flexibility index (Phi) is 4.00. The van der Waals surface area contributed by atoms with Gasteiger partial charge >= 0.3 is 0 Å². The second kappa shape index (κ2) is 6.09. The van der Waals surface area contributed by atoms with E-state index >= 15 is 0 Å². The largest absolute Gasteiger partial charge is 0.370 e. The van der Waals surface area contributed by atoms with Gasteiger partial charge in [-0.05, 0) is 19.1 Å². The number of likely N-dealkylation sites (tertiary alicyclic amines) is 1. The number of hydrogen-bond donors (Lipinski definition) is 1. The standard InChI is InChI=1S/C16H19N5O/c1-11-6-14(18-8-12-7-15(22)21(2)10-12)20-16(19-11)13-4-3-5-17-9-13/h3-6,9,12H,7-8,10H2,1-2H3,(H,18,19,20). The lowest BCUT2D eigenvalue weighted by Gasteiger charge is -2.13. The van der Waals surface area contributed by atoms with Gasteiger partial charge in [-0.2, -0.15) is 0 Å². The maximum atomic E-state index is 11.6. The van der Waals surface area contributed by atoms with E-state index in [1.54, 1.807) is 17.3 Å². The van der Waals surface area contributed by atoms with Gasteiger partial charge in [0.15, 0.2) is 5.82 Å². The lowest BCUT2D eigenvalue weighted by molar-refractivity contribution is -0.126. The summed E-state index contributed by atoms with van der Waals surface area (Å²) in [7, 11) is 1.84. The van der Waals surface area contributed by atoms with Crippen molar-refractivity contribution in [3.8, 4) is 11.4 Å². The first-order valence-electron chi connectivity index (χ1n) is 7.36. The molecule has 1 aliphatic heterocycles. The number of nitrogens with one attached hydrogen (secondary N) is 1. The Labute approximate surface area is 129 Å². The van der Waals surface area contributed by atoms with Crippen molar-refractivity contribution in [1.29, 1.82) is 0 Å². The Morgan fingerprint density at radius 2 is 2.27 bits per heavy atom. The van der Waals surface area contributed by atoms with E-state index in [4.69, 9.17) is 0 Å². The van der Waals surface area contributed by atoms with Crippen LogP contribution in [0.15, 0.2) is 30.6 Å². The fourth-order valence-corrected chi connectivity index (χ4v) is 2.63. The summed E-state index contributed by atoms with van der Waals surface area (Å²) in [5, 5.41) is 3.33.